The van der Waals surface area contributed by atoms with Crippen molar-refractivity contribution in [3.63, 3.8) is 0 Å². The quantitative estimate of drug-likeness (QED) is 0.862. The van der Waals surface area contributed by atoms with Gasteiger partial charge in [-0.25, -0.2) is 5.01 Å². The number of benzene rings is 2. The molecule has 0 bridgehead atoms. The van der Waals surface area contributed by atoms with Crippen molar-refractivity contribution in [3.8, 4) is 5.75 Å². The van der Waals surface area contributed by atoms with Gasteiger partial charge in [-0.2, -0.15) is 18.7 Å². The number of nitrogens with two attached hydrogens (primary N) is 1. The van der Waals surface area contributed by atoms with E-state index in [0.29, 0.717) is 17.0 Å². The predicted octanol–water partition coefficient (Wildman–Crippen LogP) is 2.62. The minimum absolute atomic E-state index is 0.0773. The van der Waals surface area contributed by atoms with E-state index in [1.165, 1.54) is 24.1 Å². The monoisotopic (exact) mass is 393 g/mol. The topological polar surface area (TPSA) is 102 Å². The first-order valence-corrected chi connectivity index (χ1v) is 9.53. The third-order valence-corrected chi connectivity index (χ3v) is 4.54. The molecule has 0 saturated carbocycles. The second-order valence-electron chi connectivity index (χ2n) is 5.79. The fourth-order valence-electron chi connectivity index (χ4n) is 2.78. The summed E-state index contributed by atoms with van der Waals surface area (Å²) in [6.45, 7) is 1.42. The first-order chi connectivity index (χ1) is 12.2. The van der Waals surface area contributed by atoms with Crippen LogP contribution in [-0.4, -0.2) is 25.0 Å². The molecule has 1 heterocycles. The Labute approximate surface area is 156 Å². The average Bonchev–Trinajstić information content (AvgIpc) is 3.00. The van der Waals surface area contributed by atoms with Crippen LogP contribution in [0.25, 0.3) is 0 Å². The van der Waals surface area contributed by atoms with Gasteiger partial charge in [0.05, 0.1) is 11.8 Å². The number of hydrogen-bond donors (Lipinski definition) is 1. The Morgan fingerprint density at radius 1 is 1.27 bits per heavy atom. The van der Waals surface area contributed by atoms with Crippen LogP contribution in [0.4, 0.5) is 0 Å². The van der Waals surface area contributed by atoms with Crippen LogP contribution in [-0.2, 0) is 15.1 Å². The molecule has 136 valence electrons. The van der Waals surface area contributed by atoms with Gasteiger partial charge in [0, 0.05) is 18.4 Å². The van der Waals surface area contributed by atoms with Gasteiger partial charge in [-0.1, -0.05) is 35.9 Å². The minimum atomic E-state index is -4.13. The number of carbonyl (C=O) groups excluding carboxylic acids is 1. The summed E-state index contributed by atoms with van der Waals surface area (Å²) < 4.78 is 27.0. The summed E-state index contributed by atoms with van der Waals surface area (Å²) >= 11 is 5.91. The lowest BCUT2D eigenvalue weighted by Crippen LogP contribution is -2.24. The van der Waals surface area contributed by atoms with Gasteiger partial charge in [0.25, 0.3) is 0 Å². The van der Waals surface area contributed by atoms with Gasteiger partial charge < -0.3 is 4.18 Å². The molecule has 2 aromatic rings. The number of hydrogen-bond acceptors (Lipinski definition) is 5. The van der Waals surface area contributed by atoms with Crippen LogP contribution in [0, 0.1) is 0 Å². The number of nitrogens with zero attached hydrogens (tertiary/aromatic N) is 2. The summed E-state index contributed by atoms with van der Waals surface area (Å²) in [5, 5.41) is 11.3. The Morgan fingerprint density at radius 2 is 1.96 bits per heavy atom. The summed E-state index contributed by atoms with van der Waals surface area (Å²) in [4.78, 5) is 12.0. The molecule has 9 heteroatoms. The van der Waals surface area contributed by atoms with Crippen molar-refractivity contribution in [2.75, 3.05) is 0 Å². The molecule has 26 heavy (non-hydrogen) atoms. The maximum atomic E-state index is 12.0. The zero-order valence-corrected chi connectivity index (χ0v) is 15.4. The summed E-state index contributed by atoms with van der Waals surface area (Å²) in [5.41, 5.74) is 2.29. The van der Waals surface area contributed by atoms with Gasteiger partial charge in [-0.15, -0.1) is 0 Å². The third kappa shape index (κ3) is 4.21. The van der Waals surface area contributed by atoms with E-state index in [9.17, 15) is 13.2 Å². The van der Waals surface area contributed by atoms with Gasteiger partial charge in [0.15, 0.2) is 0 Å². The first kappa shape index (κ1) is 18.4. The lowest BCUT2D eigenvalue weighted by molar-refractivity contribution is -0.130. The molecule has 2 aromatic carbocycles. The highest BCUT2D eigenvalue weighted by Gasteiger charge is 2.31. The van der Waals surface area contributed by atoms with Crippen molar-refractivity contribution in [1.82, 2.24) is 5.01 Å². The van der Waals surface area contributed by atoms with Gasteiger partial charge in [-0.3, -0.25) is 4.79 Å². The lowest BCUT2D eigenvalue weighted by Gasteiger charge is -2.20. The maximum absolute atomic E-state index is 12.0. The third-order valence-electron chi connectivity index (χ3n) is 3.87. The summed E-state index contributed by atoms with van der Waals surface area (Å²) in [6.07, 6.45) is 0.472. The molecule has 3 rings (SSSR count). The molecule has 2 N–H and O–H groups in total. The SMILES string of the molecule is CC(=O)N1N=C(c2ccc(Cl)cc2)CC1c1cccc(OS(N)(=O)=O)c1. The molecule has 1 amide bonds. The Balaban J connectivity index is 1.92. The van der Waals surface area contributed by atoms with E-state index in [-0.39, 0.29) is 17.7 Å². The van der Waals surface area contributed by atoms with Crippen LogP contribution in [0.5, 0.6) is 5.75 Å². The summed E-state index contributed by atoms with van der Waals surface area (Å²) in [6, 6.07) is 13.2. The van der Waals surface area contributed by atoms with E-state index in [0.717, 1.165) is 11.3 Å². The van der Waals surface area contributed by atoms with Crippen LogP contribution in [0.1, 0.15) is 30.5 Å². The number of hydrazone groups is 1. The molecule has 0 aromatic heterocycles. The molecule has 0 spiro atoms. The van der Waals surface area contributed by atoms with E-state index >= 15 is 0 Å². The van der Waals surface area contributed by atoms with Gasteiger partial charge >= 0.3 is 10.3 Å². The number of rotatable bonds is 4. The lowest BCUT2D eigenvalue weighted by atomic mass is 9.98. The highest BCUT2D eigenvalue weighted by Crippen LogP contribution is 2.34. The number of halogens is 1. The van der Waals surface area contributed by atoms with Crippen LogP contribution in [0.2, 0.25) is 5.02 Å². The molecule has 1 atom stereocenters. The van der Waals surface area contributed by atoms with Crippen molar-refractivity contribution in [3.05, 3.63) is 64.7 Å². The van der Waals surface area contributed by atoms with Crippen LogP contribution in [0.15, 0.2) is 53.6 Å². The van der Waals surface area contributed by atoms with Crippen molar-refractivity contribution >= 4 is 33.5 Å². The molecule has 0 fully saturated rings. The van der Waals surface area contributed by atoms with E-state index in [1.54, 1.807) is 24.3 Å². The van der Waals surface area contributed by atoms with Crippen LogP contribution < -0.4 is 9.32 Å². The normalized spacial score (nSPS) is 17.1. The zero-order chi connectivity index (χ0) is 18.9. The van der Waals surface area contributed by atoms with E-state index < -0.39 is 10.3 Å². The highest BCUT2D eigenvalue weighted by atomic mass is 35.5. The van der Waals surface area contributed by atoms with Crippen LogP contribution in [0.3, 0.4) is 0 Å². The standard InChI is InChI=1S/C17H16ClN3O4S/c1-11(22)21-17(10-16(20-21)12-5-7-14(18)8-6-12)13-3-2-4-15(9-13)25-26(19,23)24/h2-9,17H,10H2,1H3,(H2,19,23,24). The van der Waals surface area contributed by atoms with E-state index in [2.05, 4.69) is 5.10 Å². The largest absolute Gasteiger partial charge is 0.380 e. The second kappa shape index (κ2) is 7.06. The zero-order valence-electron chi connectivity index (χ0n) is 13.8. The second-order valence-corrected chi connectivity index (χ2v) is 7.37. The average molecular weight is 394 g/mol. The number of amides is 1. The van der Waals surface area contributed by atoms with Crippen molar-refractivity contribution in [2.24, 2.45) is 10.2 Å². The molecule has 0 saturated heterocycles. The number of carbonyl (C=O) groups is 1. The fourth-order valence-corrected chi connectivity index (χ4v) is 3.28. The fraction of sp³-hybridized carbons (Fsp3) is 0.176. The molecule has 1 aliphatic rings. The summed E-state index contributed by atoms with van der Waals surface area (Å²) in [5.74, 6) is -0.148. The van der Waals surface area contributed by atoms with Crippen molar-refractivity contribution < 1.29 is 17.4 Å². The Kier molecular flexibility index (Phi) is 4.99. The highest BCUT2D eigenvalue weighted by molar-refractivity contribution is 7.84. The van der Waals surface area contributed by atoms with Gasteiger partial charge in [0.1, 0.15) is 5.75 Å². The molecule has 1 unspecified atom stereocenters. The Bertz CT molecular complexity index is 974. The van der Waals surface area contributed by atoms with Crippen molar-refractivity contribution in [2.45, 2.75) is 19.4 Å². The molecule has 0 radical (unpaired) electrons. The first-order valence-electron chi connectivity index (χ1n) is 7.68. The van der Waals surface area contributed by atoms with E-state index in [4.69, 9.17) is 20.9 Å². The Morgan fingerprint density at radius 3 is 2.58 bits per heavy atom. The van der Waals surface area contributed by atoms with Gasteiger partial charge in [0.2, 0.25) is 5.91 Å². The smallest absolute Gasteiger partial charge is 0.371 e. The summed E-state index contributed by atoms with van der Waals surface area (Å²) in [7, 11) is -4.13. The van der Waals surface area contributed by atoms with E-state index in [1.807, 2.05) is 12.1 Å². The minimum Gasteiger partial charge on any atom is -0.371 e. The Hall–Kier alpha value is -2.42. The molecular formula is C17H16ClN3O4S. The maximum Gasteiger partial charge on any atom is 0.380 e. The molecular weight excluding hydrogens is 378 g/mol. The van der Waals surface area contributed by atoms with Gasteiger partial charge in [-0.05, 0) is 35.4 Å². The molecule has 0 aliphatic carbocycles. The van der Waals surface area contributed by atoms with Crippen LogP contribution >= 0.6 is 11.6 Å². The molecule has 1 aliphatic heterocycles. The predicted molar refractivity (Wildman–Crippen MR) is 98.0 cm³/mol. The van der Waals surface area contributed by atoms with Crippen molar-refractivity contribution in [1.29, 1.82) is 0 Å². The molecule has 7 nitrogen and oxygen atoms in total.